The van der Waals surface area contributed by atoms with E-state index in [-0.39, 0.29) is 85.2 Å². The van der Waals surface area contributed by atoms with Gasteiger partial charge in [0.1, 0.15) is 28.5 Å². The van der Waals surface area contributed by atoms with Crippen LogP contribution in [-0.2, 0) is 24.6 Å². The fourth-order valence-electron chi connectivity index (χ4n) is 8.47. The molecule has 0 aliphatic carbocycles. The standard InChI is InChI=1S/C50H46Cl3N5O10/c1-4-49(5-2,56-46(62)43-28(3)44(29-6-9-31(51)10-7-29)58(57-43)40-17-11-32(52)25-39(40)53)48(64)55-19-21-66-23-22-65-20-18-54-45(61)30-8-14-35-38(24-30)50(68-47(35)63)36-15-12-33(59)26-41(36)67-42-27-34(60)13-16-37(42)50/h6-17,24-27,59-60H,4-5,18-23H2,1-3H3,(H,54,61)(H,55,64)(H,56,62). The van der Waals surface area contributed by atoms with Gasteiger partial charge in [-0.25, -0.2) is 9.48 Å². The Kier molecular flexibility index (Phi) is 14.0. The Morgan fingerprint density at radius 2 is 1.35 bits per heavy atom. The highest BCUT2D eigenvalue weighted by atomic mass is 35.5. The highest BCUT2D eigenvalue weighted by Gasteiger charge is 2.54. The second kappa shape index (κ2) is 19.9. The summed E-state index contributed by atoms with van der Waals surface area (Å²) in [5.41, 5.74) is 1.62. The quantitative estimate of drug-likeness (QED) is 0.0433. The summed E-state index contributed by atoms with van der Waals surface area (Å²) in [6.07, 6.45) is 0.606. The lowest BCUT2D eigenvalue weighted by Gasteiger charge is -2.36. The van der Waals surface area contributed by atoms with Crippen molar-refractivity contribution in [2.75, 3.05) is 39.5 Å². The molecule has 5 aromatic carbocycles. The molecule has 0 radical (unpaired) electrons. The summed E-state index contributed by atoms with van der Waals surface area (Å²) in [6.45, 7) is 6.54. The Morgan fingerprint density at radius 3 is 1.97 bits per heavy atom. The number of aromatic hydroxyl groups is 2. The summed E-state index contributed by atoms with van der Waals surface area (Å²) in [5.74, 6) is -1.61. The SMILES string of the molecule is CCC(CC)(NC(=O)c1nn(-c2ccc(Cl)cc2Cl)c(-c2ccc(Cl)cc2)c1C)C(=O)NCCOCCOCCNC(=O)c1ccc2c(c1)C1(OC2=O)c2ccc(O)cc2Oc2cc(O)ccc21. The summed E-state index contributed by atoms with van der Waals surface area (Å²) in [7, 11) is 0. The second-order valence-corrected chi connectivity index (χ2v) is 17.4. The zero-order chi connectivity index (χ0) is 48.3. The first-order chi connectivity index (χ1) is 32.7. The summed E-state index contributed by atoms with van der Waals surface area (Å²) < 4.78 is 25.0. The number of ether oxygens (including phenoxy) is 4. The van der Waals surface area contributed by atoms with Gasteiger partial charge in [0.15, 0.2) is 11.3 Å². The monoisotopic (exact) mass is 981 g/mol. The molecule has 2 aliphatic rings. The number of carbonyl (C=O) groups excluding carboxylic acids is 4. The van der Waals surface area contributed by atoms with Crippen molar-refractivity contribution in [1.82, 2.24) is 25.7 Å². The van der Waals surface area contributed by atoms with Crippen molar-refractivity contribution in [2.45, 2.75) is 44.8 Å². The first-order valence-corrected chi connectivity index (χ1v) is 22.9. The number of phenolic OH excluding ortho intramolecular Hbond substituents is 2. The van der Waals surface area contributed by atoms with Crippen LogP contribution in [0.2, 0.25) is 15.1 Å². The van der Waals surface area contributed by atoms with Crippen molar-refractivity contribution in [3.05, 3.63) is 151 Å². The zero-order valence-corrected chi connectivity index (χ0v) is 39.4. The van der Waals surface area contributed by atoms with E-state index in [2.05, 4.69) is 16.0 Å². The summed E-state index contributed by atoms with van der Waals surface area (Å²) in [4.78, 5) is 54.4. The second-order valence-electron chi connectivity index (χ2n) is 16.1. The third-order valence-electron chi connectivity index (χ3n) is 12.1. The van der Waals surface area contributed by atoms with Gasteiger partial charge in [0.05, 0.1) is 48.4 Å². The first kappa shape index (κ1) is 47.9. The van der Waals surface area contributed by atoms with Crippen LogP contribution in [0, 0.1) is 6.92 Å². The maximum atomic E-state index is 14.0. The van der Waals surface area contributed by atoms with E-state index in [1.54, 1.807) is 60.1 Å². The number of aromatic nitrogens is 2. The third kappa shape index (κ3) is 9.19. The molecule has 0 unspecified atom stereocenters. The van der Waals surface area contributed by atoms with Gasteiger partial charge in [0.25, 0.3) is 11.8 Å². The van der Waals surface area contributed by atoms with E-state index in [1.165, 1.54) is 36.4 Å². The first-order valence-electron chi connectivity index (χ1n) is 21.8. The molecule has 6 aromatic rings. The van der Waals surface area contributed by atoms with Crippen LogP contribution in [0.5, 0.6) is 23.0 Å². The van der Waals surface area contributed by atoms with E-state index in [0.717, 1.165) is 5.56 Å². The van der Waals surface area contributed by atoms with Crippen molar-refractivity contribution >= 4 is 58.5 Å². The Hall–Kier alpha value is -6.62. The highest BCUT2D eigenvalue weighted by Crippen LogP contribution is 2.57. The lowest BCUT2D eigenvalue weighted by atomic mass is 9.77. The number of hydrogen-bond donors (Lipinski definition) is 5. The molecule has 0 saturated carbocycles. The molecule has 1 aromatic heterocycles. The van der Waals surface area contributed by atoms with Crippen LogP contribution in [-0.4, -0.2) is 88.7 Å². The number of amides is 3. The number of carbonyl (C=O) groups is 4. The van der Waals surface area contributed by atoms with Gasteiger partial charge in [-0.15, -0.1) is 0 Å². The van der Waals surface area contributed by atoms with E-state index in [1.807, 2.05) is 26.0 Å². The number of nitrogens with zero attached hydrogens (tertiary/aromatic N) is 2. The number of fused-ring (bicyclic) bond motifs is 6. The fraction of sp³-hybridized carbons (Fsp3) is 0.260. The molecule has 5 N–H and O–H groups in total. The molecule has 18 heteroatoms. The highest BCUT2D eigenvalue weighted by molar-refractivity contribution is 6.35. The predicted molar refractivity (Wildman–Crippen MR) is 255 cm³/mol. The largest absolute Gasteiger partial charge is 0.508 e. The predicted octanol–water partition coefficient (Wildman–Crippen LogP) is 8.66. The number of halogens is 3. The van der Waals surface area contributed by atoms with Crippen LogP contribution < -0.4 is 20.7 Å². The molecule has 8 rings (SSSR count). The molecule has 3 heterocycles. The minimum Gasteiger partial charge on any atom is -0.508 e. The lowest BCUT2D eigenvalue weighted by molar-refractivity contribution is -0.128. The van der Waals surface area contributed by atoms with Gasteiger partial charge in [-0.2, -0.15) is 5.10 Å². The van der Waals surface area contributed by atoms with E-state index in [4.69, 9.17) is 58.8 Å². The molecule has 352 valence electrons. The third-order valence-corrected chi connectivity index (χ3v) is 12.8. The van der Waals surface area contributed by atoms with Crippen LogP contribution in [0.25, 0.3) is 16.9 Å². The van der Waals surface area contributed by atoms with Crippen LogP contribution in [0.3, 0.4) is 0 Å². The topological polar surface area (TPSA) is 200 Å². The minimum absolute atomic E-state index is 0.0711. The smallest absolute Gasteiger partial charge is 0.340 e. The van der Waals surface area contributed by atoms with Gasteiger partial charge in [0.2, 0.25) is 5.91 Å². The molecular weight excluding hydrogens is 937 g/mol. The van der Waals surface area contributed by atoms with Crippen molar-refractivity contribution in [1.29, 1.82) is 0 Å². The Labute approximate surface area is 406 Å². The van der Waals surface area contributed by atoms with Gasteiger partial charge in [0, 0.05) is 68.6 Å². The molecule has 1 spiro atoms. The van der Waals surface area contributed by atoms with E-state index in [9.17, 15) is 29.4 Å². The summed E-state index contributed by atoms with van der Waals surface area (Å²) in [5, 5.41) is 35.1. The average molecular weight is 983 g/mol. The van der Waals surface area contributed by atoms with E-state index in [0.29, 0.717) is 61.5 Å². The van der Waals surface area contributed by atoms with Crippen LogP contribution in [0.15, 0.2) is 97.1 Å². The Morgan fingerprint density at radius 1 is 0.735 bits per heavy atom. The number of benzene rings is 5. The molecular formula is C50H46Cl3N5O10. The normalized spacial score (nSPS) is 13.2. The van der Waals surface area contributed by atoms with Crippen LogP contribution in [0.1, 0.15) is 80.1 Å². The maximum absolute atomic E-state index is 14.0. The number of esters is 1. The van der Waals surface area contributed by atoms with Gasteiger partial charge >= 0.3 is 5.97 Å². The number of nitrogens with one attached hydrogen (secondary N) is 3. The molecule has 0 atom stereocenters. The molecule has 68 heavy (non-hydrogen) atoms. The zero-order valence-electron chi connectivity index (χ0n) is 37.1. The van der Waals surface area contributed by atoms with Crippen LogP contribution >= 0.6 is 34.8 Å². The van der Waals surface area contributed by atoms with Gasteiger partial charge in [-0.05, 0) is 92.6 Å². The Balaban J connectivity index is 0.819. The number of hydrogen-bond acceptors (Lipinski definition) is 11. The average Bonchev–Trinajstić information content (AvgIpc) is 3.81. The molecule has 3 amide bonds. The maximum Gasteiger partial charge on any atom is 0.340 e. The summed E-state index contributed by atoms with van der Waals surface area (Å²) in [6, 6.07) is 25.7. The number of rotatable bonds is 17. The van der Waals surface area contributed by atoms with Crippen molar-refractivity contribution in [2.24, 2.45) is 0 Å². The molecule has 0 bridgehead atoms. The molecule has 2 aliphatic heterocycles. The lowest BCUT2D eigenvalue weighted by Crippen LogP contribution is -2.58. The fourth-order valence-corrected chi connectivity index (χ4v) is 9.09. The van der Waals surface area contributed by atoms with E-state index < -0.39 is 28.9 Å². The number of phenols is 2. The van der Waals surface area contributed by atoms with Crippen molar-refractivity contribution in [3.63, 3.8) is 0 Å². The minimum atomic E-state index is -1.51. The van der Waals surface area contributed by atoms with Crippen LogP contribution in [0.4, 0.5) is 0 Å². The molecule has 15 nitrogen and oxygen atoms in total. The van der Waals surface area contributed by atoms with Gasteiger partial charge < -0.3 is 45.1 Å². The van der Waals surface area contributed by atoms with E-state index >= 15 is 0 Å². The van der Waals surface area contributed by atoms with Crippen molar-refractivity contribution in [3.8, 4) is 39.9 Å². The Bertz CT molecular complexity index is 2890. The molecule has 0 saturated heterocycles. The van der Waals surface area contributed by atoms with Crippen molar-refractivity contribution < 1.29 is 48.3 Å². The van der Waals surface area contributed by atoms with Gasteiger partial charge in [-0.1, -0.05) is 60.8 Å². The molecule has 0 fully saturated rings. The summed E-state index contributed by atoms with van der Waals surface area (Å²) >= 11 is 19.0. The van der Waals surface area contributed by atoms with Gasteiger partial charge in [-0.3, -0.25) is 14.4 Å².